The Hall–Kier alpha value is 0.261. The van der Waals surface area contributed by atoms with Crippen LogP contribution in [0.15, 0.2) is 16.7 Å². The Morgan fingerprint density at radius 2 is 2.00 bits per heavy atom. The molecule has 1 rings (SSSR count). The molecule has 2 nitrogen and oxygen atoms in total. The number of nitrogens with zero attached hydrogens (tertiary/aromatic N) is 1. The summed E-state index contributed by atoms with van der Waals surface area (Å²) >= 11 is 0. The van der Waals surface area contributed by atoms with Gasteiger partial charge in [0.2, 0.25) is 0 Å². The number of nitriles is 1. The van der Waals surface area contributed by atoms with Gasteiger partial charge >= 0.3 is 58.4 Å². The summed E-state index contributed by atoms with van der Waals surface area (Å²) < 4.78 is 40.0. The molecule has 0 aliphatic heterocycles. The average molecular weight is 199 g/mol. The van der Waals surface area contributed by atoms with E-state index in [9.17, 15) is 12.9 Å². The van der Waals surface area contributed by atoms with Crippen molar-refractivity contribution < 1.29 is 68.7 Å². The van der Waals surface area contributed by atoms with Gasteiger partial charge in [-0.1, -0.05) is 5.46 Å². The number of rotatable bonds is 1. The summed E-state index contributed by atoms with van der Waals surface area (Å²) in [4.78, 5) is 0. The smallest absolute Gasteiger partial charge is 0.457 e. The van der Waals surface area contributed by atoms with Crippen molar-refractivity contribution in [2.24, 2.45) is 0 Å². The van der Waals surface area contributed by atoms with E-state index in [2.05, 4.69) is 4.42 Å². The van der Waals surface area contributed by atoms with Crippen molar-refractivity contribution in [3.8, 4) is 6.07 Å². The zero-order valence-electron chi connectivity index (χ0n) is 6.22. The van der Waals surface area contributed by atoms with Crippen LogP contribution in [0.25, 0.3) is 0 Å². The summed E-state index contributed by atoms with van der Waals surface area (Å²) in [6.07, 6.45) is 0.850. The molecule has 0 radical (unpaired) electrons. The van der Waals surface area contributed by atoms with Gasteiger partial charge in [-0.2, -0.15) is 5.26 Å². The van der Waals surface area contributed by atoms with Crippen LogP contribution in [0.5, 0.6) is 0 Å². The summed E-state index contributed by atoms with van der Waals surface area (Å²) in [6.45, 7) is -5.11. The fourth-order valence-corrected chi connectivity index (χ4v) is 0.668. The molecule has 58 valence electrons. The SMILES string of the molecule is N#Cc1occc1[B-](F)(F)F.[K+]. The van der Waals surface area contributed by atoms with Crippen LogP contribution in [0.4, 0.5) is 12.9 Å². The minimum absolute atomic E-state index is 0. The van der Waals surface area contributed by atoms with Gasteiger partial charge in [0.1, 0.15) is 6.07 Å². The van der Waals surface area contributed by atoms with E-state index in [0.29, 0.717) is 0 Å². The zero-order valence-corrected chi connectivity index (χ0v) is 9.34. The van der Waals surface area contributed by atoms with E-state index in [1.54, 1.807) is 0 Å². The fourth-order valence-electron chi connectivity index (χ4n) is 0.668. The molecule has 0 bridgehead atoms. The number of furan rings is 1. The number of halogens is 3. The first kappa shape index (κ1) is 12.3. The minimum Gasteiger partial charge on any atom is -0.457 e. The van der Waals surface area contributed by atoms with Crippen LogP contribution in [-0.4, -0.2) is 6.98 Å². The van der Waals surface area contributed by atoms with Gasteiger partial charge in [0.15, 0.2) is 5.76 Å². The van der Waals surface area contributed by atoms with E-state index >= 15 is 0 Å². The predicted molar refractivity (Wildman–Crippen MR) is 32.1 cm³/mol. The first-order valence-corrected chi connectivity index (χ1v) is 2.73. The summed E-state index contributed by atoms with van der Waals surface area (Å²) in [6, 6.07) is 2.06. The van der Waals surface area contributed by atoms with Gasteiger partial charge in [-0.3, -0.25) is 0 Å². The molecule has 0 saturated heterocycles. The van der Waals surface area contributed by atoms with Crippen molar-refractivity contribution in [2.75, 3.05) is 0 Å². The maximum absolute atomic E-state index is 11.9. The van der Waals surface area contributed by atoms with Crippen molar-refractivity contribution in [1.82, 2.24) is 0 Å². The van der Waals surface area contributed by atoms with Crippen LogP contribution in [0.1, 0.15) is 5.76 Å². The Morgan fingerprint density at radius 1 is 1.42 bits per heavy atom. The molecule has 0 aromatic carbocycles. The van der Waals surface area contributed by atoms with E-state index < -0.39 is 18.2 Å². The summed E-state index contributed by atoms with van der Waals surface area (Å²) in [5.74, 6) is -0.669. The molecule has 12 heavy (non-hydrogen) atoms. The second kappa shape index (κ2) is 4.48. The topological polar surface area (TPSA) is 36.9 Å². The van der Waals surface area contributed by atoms with Crippen LogP contribution in [0.2, 0.25) is 0 Å². The molecule has 1 aromatic rings. The normalized spacial score (nSPS) is 10.2. The van der Waals surface area contributed by atoms with Gasteiger partial charge in [-0.05, 0) is 6.07 Å². The molecule has 0 saturated carbocycles. The quantitative estimate of drug-likeness (QED) is 0.501. The van der Waals surface area contributed by atoms with Gasteiger partial charge in [-0.25, -0.2) is 0 Å². The van der Waals surface area contributed by atoms with Crippen LogP contribution in [0, 0.1) is 11.3 Å². The molecule has 0 aliphatic carbocycles. The van der Waals surface area contributed by atoms with Crippen LogP contribution < -0.4 is 56.8 Å². The van der Waals surface area contributed by atoms with E-state index in [4.69, 9.17) is 5.26 Å². The van der Waals surface area contributed by atoms with Crippen molar-refractivity contribution in [3.63, 3.8) is 0 Å². The first-order valence-electron chi connectivity index (χ1n) is 2.73. The maximum atomic E-state index is 11.9. The average Bonchev–Trinajstić information content (AvgIpc) is 2.31. The van der Waals surface area contributed by atoms with Gasteiger partial charge in [0.25, 0.3) is 0 Å². The first-order chi connectivity index (χ1) is 5.05. The van der Waals surface area contributed by atoms with Gasteiger partial charge in [-0.15, -0.1) is 0 Å². The summed E-state index contributed by atoms with van der Waals surface area (Å²) in [7, 11) is 0. The second-order valence-electron chi connectivity index (χ2n) is 1.89. The predicted octanol–water partition coefficient (Wildman–Crippen LogP) is -1.79. The Balaban J connectivity index is 0.00000121. The molecule has 1 heterocycles. The molecule has 0 unspecified atom stereocenters. The van der Waals surface area contributed by atoms with Crippen LogP contribution in [-0.2, 0) is 0 Å². The molecular formula is C5H2BF3KNO. The van der Waals surface area contributed by atoms with Gasteiger partial charge in [0.05, 0.1) is 6.26 Å². The molecule has 0 N–H and O–H groups in total. The van der Waals surface area contributed by atoms with E-state index in [1.165, 1.54) is 6.07 Å². The molecule has 7 heteroatoms. The van der Waals surface area contributed by atoms with Crippen molar-refractivity contribution in [3.05, 3.63) is 18.1 Å². The van der Waals surface area contributed by atoms with Crippen molar-refractivity contribution >= 4 is 12.4 Å². The third-order valence-corrected chi connectivity index (χ3v) is 1.15. The Kier molecular flexibility index (Phi) is 4.58. The van der Waals surface area contributed by atoms with Crippen molar-refractivity contribution in [1.29, 1.82) is 5.26 Å². The molecule has 0 atom stereocenters. The molecule has 0 amide bonds. The third-order valence-electron chi connectivity index (χ3n) is 1.15. The summed E-state index contributed by atoms with van der Waals surface area (Å²) in [5, 5.41) is 8.14. The molecule has 0 fully saturated rings. The fraction of sp³-hybridized carbons (Fsp3) is 0. The summed E-state index contributed by atoms with van der Waals surface area (Å²) in [5.41, 5.74) is -0.965. The minimum atomic E-state index is -5.11. The Bertz CT molecular complexity index is 302. The van der Waals surface area contributed by atoms with Crippen molar-refractivity contribution in [2.45, 2.75) is 0 Å². The molecule has 0 aliphatic rings. The second-order valence-corrected chi connectivity index (χ2v) is 1.89. The van der Waals surface area contributed by atoms with E-state index in [1.807, 2.05) is 0 Å². The Morgan fingerprint density at radius 3 is 2.33 bits per heavy atom. The molecule has 1 aromatic heterocycles. The third kappa shape index (κ3) is 2.64. The molecule has 0 spiro atoms. The van der Waals surface area contributed by atoms with Gasteiger partial charge < -0.3 is 17.4 Å². The number of hydrogen-bond donors (Lipinski definition) is 0. The largest absolute Gasteiger partial charge is 1.00 e. The van der Waals surface area contributed by atoms with Crippen LogP contribution in [0.3, 0.4) is 0 Å². The van der Waals surface area contributed by atoms with Crippen LogP contribution >= 0.6 is 0 Å². The molecular weight excluding hydrogens is 197 g/mol. The number of hydrogen-bond acceptors (Lipinski definition) is 2. The van der Waals surface area contributed by atoms with Gasteiger partial charge in [0, 0.05) is 0 Å². The maximum Gasteiger partial charge on any atom is 1.00 e. The van der Waals surface area contributed by atoms with E-state index in [-0.39, 0.29) is 51.4 Å². The zero-order chi connectivity index (χ0) is 8.48. The Labute approximate surface area is 109 Å². The monoisotopic (exact) mass is 199 g/mol. The van der Waals surface area contributed by atoms with E-state index in [0.717, 1.165) is 12.3 Å². The standard InChI is InChI=1S/C5H2BF3NO.K/c7-6(8,9)4-1-2-11-5(4)3-10;/h1-2H;/q-1;+1.